The van der Waals surface area contributed by atoms with Gasteiger partial charge in [-0.3, -0.25) is 4.79 Å². The average Bonchev–Trinajstić information content (AvgIpc) is 3.64. The van der Waals surface area contributed by atoms with Crippen LogP contribution in [0.2, 0.25) is 0 Å². The van der Waals surface area contributed by atoms with E-state index >= 15 is 0 Å². The number of carbonyl (C=O) groups excluding carboxylic acids is 1. The Morgan fingerprint density at radius 2 is 1.85 bits per heavy atom. The number of nitrogens with zero attached hydrogens (tertiary/aromatic N) is 1. The van der Waals surface area contributed by atoms with Crippen molar-refractivity contribution in [2.75, 3.05) is 26.9 Å². The largest absolute Gasteiger partial charge is 0.493 e. The van der Waals surface area contributed by atoms with E-state index in [0.29, 0.717) is 11.5 Å². The third-order valence-corrected chi connectivity index (χ3v) is 6.81. The van der Waals surface area contributed by atoms with E-state index < -0.39 is 49.2 Å². The highest BCUT2D eigenvalue weighted by atomic mass is 19.4. The van der Waals surface area contributed by atoms with Gasteiger partial charge in [0.15, 0.2) is 11.5 Å². The third-order valence-electron chi connectivity index (χ3n) is 6.81. The number of pyridine rings is 1. The molecule has 3 N–H and O–H groups in total. The fraction of sp³-hybridized carbons (Fsp3) is 0.357. The normalized spacial score (nSPS) is 17.9. The Morgan fingerprint density at radius 1 is 1.12 bits per heavy atom. The van der Waals surface area contributed by atoms with Crippen LogP contribution in [-0.2, 0) is 5.60 Å². The number of fused-ring (bicyclic) bond motifs is 1. The highest BCUT2D eigenvalue weighted by Crippen LogP contribution is 2.48. The van der Waals surface area contributed by atoms with Crippen molar-refractivity contribution in [3.8, 4) is 28.5 Å². The first-order chi connectivity index (χ1) is 19.0. The van der Waals surface area contributed by atoms with Gasteiger partial charge in [-0.2, -0.15) is 13.2 Å². The van der Waals surface area contributed by atoms with E-state index in [1.165, 1.54) is 31.4 Å². The maximum Gasteiger partial charge on any atom is 0.399 e. The van der Waals surface area contributed by atoms with E-state index in [1.807, 2.05) is 0 Å². The number of methoxy groups -OCH3 is 1. The number of hydrogen-bond acceptors (Lipinski definition) is 7. The molecule has 1 aromatic heterocycles. The van der Waals surface area contributed by atoms with Crippen molar-refractivity contribution in [1.29, 1.82) is 0 Å². The van der Waals surface area contributed by atoms with Crippen molar-refractivity contribution in [3.63, 3.8) is 0 Å². The summed E-state index contributed by atoms with van der Waals surface area (Å²) in [7, 11) is 1.43. The van der Waals surface area contributed by atoms with Crippen molar-refractivity contribution in [2.24, 2.45) is 0 Å². The Bertz CT molecular complexity index is 1410. The van der Waals surface area contributed by atoms with Crippen molar-refractivity contribution in [1.82, 2.24) is 10.3 Å². The molecule has 2 aromatic carbocycles. The van der Waals surface area contributed by atoms with Gasteiger partial charge >= 0.3 is 6.18 Å². The van der Waals surface area contributed by atoms with Gasteiger partial charge in [-0.25, -0.2) is 9.37 Å². The summed E-state index contributed by atoms with van der Waals surface area (Å²) in [5, 5.41) is 23.9. The molecule has 2 atom stereocenters. The maximum atomic E-state index is 13.8. The molecule has 1 saturated carbocycles. The van der Waals surface area contributed by atoms with E-state index in [9.17, 15) is 32.6 Å². The van der Waals surface area contributed by atoms with Crippen LogP contribution in [0.1, 0.15) is 40.4 Å². The zero-order chi connectivity index (χ0) is 28.7. The molecule has 5 rings (SSSR count). The number of ether oxygens (including phenoxy) is 3. The van der Waals surface area contributed by atoms with Crippen molar-refractivity contribution < 1.29 is 46.8 Å². The fourth-order valence-corrected chi connectivity index (χ4v) is 4.36. The molecule has 3 aromatic rings. The molecule has 0 radical (unpaired) electrons. The lowest BCUT2D eigenvalue weighted by molar-refractivity contribution is -0.151. The number of aliphatic hydroxyl groups is 2. The number of rotatable bonds is 9. The fourth-order valence-electron chi connectivity index (χ4n) is 4.36. The molecule has 1 fully saturated rings. The molecule has 0 spiro atoms. The van der Waals surface area contributed by atoms with E-state index in [0.717, 1.165) is 31.0 Å². The predicted molar refractivity (Wildman–Crippen MR) is 134 cm³/mol. The van der Waals surface area contributed by atoms with Crippen LogP contribution in [0.3, 0.4) is 0 Å². The SMILES string of the molecule is COc1cc(C(=O)NC[C@@](O)(CO)c2cc3c(c(-c4ccc(F)cc4)n2)OC[C@H]3C(F)(F)F)ccc1OC1CC1. The molecule has 2 aliphatic rings. The molecular weight excluding hydrogens is 536 g/mol. The minimum atomic E-state index is -4.66. The van der Waals surface area contributed by atoms with E-state index in [4.69, 9.17) is 14.2 Å². The van der Waals surface area contributed by atoms with E-state index in [-0.39, 0.29) is 39.9 Å². The summed E-state index contributed by atoms with van der Waals surface area (Å²) >= 11 is 0. The smallest absolute Gasteiger partial charge is 0.399 e. The Kier molecular flexibility index (Phi) is 7.32. The monoisotopic (exact) mass is 562 g/mol. The maximum absolute atomic E-state index is 13.8. The number of nitrogens with one attached hydrogen (secondary N) is 1. The van der Waals surface area contributed by atoms with Crippen LogP contribution < -0.4 is 19.5 Å². The van der Waals surface area contributed by atoms with Gasteiger partial charge < -0.3 is 29.7 Å². The second-order valence-corrected chi connectivity index (χ2v) is 9.74. The quantitative estimate of drug-likeness (QED) is 0.337. The first-order valence-corrected chi connectivity index (χ1v) is 12.5. The summed E-state index contributed by atoms with van der Waals surface area (Å²) in [6, 6.07) is 10.4. The van der Waals surface area contributed by atoms with Crippen LogP contribution in [0.15, 0.2) is 48.5 Å². The Balaban J connectivity index is 1.45. The van der Waals surface area contributed by atoms with Crippen LogP contribution >= 0.6 is 0 Å². The van der Waals surface area contributed by atoms with E-state index in [2.05, 4.69) is 10.3 Å². The molecule has 212 valence electrons. The van der Waals surface area contributed by atoms with Gasteiger partial charge in [-0.05, 0) is 61.4 Å². The van der Waals surface area contributed by atoms with Gasteiger partial charge in [-0.1, -0.05) is 0 Å². The van der Waals surface area contributed by atoms with Crippen LogP contribution in [-0.4, -0.2) is 60.3 Å². The lowest BCUT2D eigenvalue weighted by Gasteiger charge is -2.27. The van der Waals surface area contributed by atoms with Crippen molar-refractivity contribution >= 4 is 5.91 Å². The van der Waals surface area contributed by atoms with Crippen molar-refractivity contribution in [2.45, 2.75) is 36.6 Å². The molecular formula is C28H26F4N2O6. The Labute approximate surface area is 226 Å². The number of benzene rings is 2. The van der Waals surface area contributed by atoms with Gasteiger partial charge in [0.2, 0.25) is 0 Å². The molecule has 1 aliphatic carbocycles. The van der Waals surface area contributed by atoms with Crippen LogP contribution in [0.4, 0.5) is 17.6 Å². The highest BCUT2D eigenvalue weighted by Gasteiger charge is 2.48. The summed E-state index contributed by atoms with van der Waals surface area (Å²) in [4.78, 5) is 17.2. The lowest BCUT2D eigenvalue weighted by Crippen LogP contribution is -2.44. The molecule has 0 saturated heterocycles. The minimum Gasteiger partial charge on any atom is -0.493 e. The number of carbonyl (C=O) groups is 1. The average molecular weight is 563 g/mol. The first kappa shape index (κ1) is 27.7. The number of aliphatic hydroxyl groups excluding tert-OH is 1. The molecule has 0 unspecified atom stereocenters. The van der Waals surface area contributed by atoms with Gasteiger partial charge in [0.1, 0.15) is 35.4 Å². The minimum absolute atomic E-state index is 0.0616. The predicted octanol–water partition coefficient (Wildman–Crippen LogP) is 4.09. The van der Waals surface area contributed by atoms with E-state index in [1.54, 1.807) is 6.07 Å². The molecule has 8 nitrogen and oxygen atoms in total. The summed E-state index contributed by atoms with van der Waals surface area (Å²) in [5.41, 5.74) is -2.53. The molecule has 12 heteroatoms. The highest BCUT2D eigenvalue weighted by molar-refractivity contribution is 5.95. The number of alkyl halides is 3. The number of hydrogen-bond donors (Lipinski definition) is 3. The third kappa shape index (κ3) is 5.54. The lowest BCUT2D eigenvalue weighted by atomic mass is 9.92. The first-order valence-electron chi connectivity index (χ1n) is 12.5. The summed E-state index contributed by atoms with van der Waals surface area (Å²) in [6.45, 7) is -2.26. The van der Waals surface area contributed by atoms with Gasteiger partial charge in [0, 0.05) is 16.7 Å². The van der Waals surface area contributed by atoms with Crippen LogP contribution in [0.5, 0.6) is 17.2 Å². The number of halogens is 4. The molecule has 1 amide bonds. The number of aromatic nitrogens is 1. The summed E-state index contributed by atoms with van der Waals surface area (Å²) in [5.74, 6) is -2.55. The topological polar surface area (TPSA) is 110 Å². The second-order valence-electron chi connectivity index (χ2n) is 9.74. The molecule has 0 bridgehead atoms. The van der Waals surface area contributed by atoms with Gasteiger partial charge in [0.25, 0.3) is 5.91 Å². The Morgan fingerprint density at radius 3 is 2.48 bits per heavy atom. The number of amides is 1. The standard InChI is InChI=1S/C28H26F4N2O6/c1-38-22-10-16(4-9-21(22)40-18-7-8-18)26(36)33-13-27(37,14-35)23-11-19-20(28(30,31)32)12-39-25(19)24(34-23)15-2-5-17(29)6-3-15/h2-6,9-11,18,20,35,37H,7-8,12-14H2,1H3,(H,33,36)/t20-,27-/m1/s1. The van der Waals surface area contributed by atoms with Crippen LogP contribution in [0.25, 0.3) is 11.3 Å². The van der Waals surface area contributed by atoms with Crippen molar-refractivity contribution in [3.05, 3.63) is 71.2 Å². The molecule has 1 aliphatic heterocycles. The molecule has 2 heterocycles. The van der Waals surface area contributed by atoms with Gasteiger partial charge in [-0.15, -0.1) is 0 Å². The summed E-state index contributed by atoms with van der Waals surface area (Å²) < 4.78 is 71.4. The van der Waals surface area contributed by atoms with Crippen LogP contribution in [0, 0.1) is 5.82 Å². The Hall–Kier alpha value is -3.90. The molecule has 40 heavy (non-hydrogen) atoms. The van der Waals surface area contributed by atoms with Gasteiger partial charge in [0.05, 0.1) is 32.1 Å². The zero-order valence-electron chi connectivity index (χ0n) is 21.3. The summed E-state index contributed by atoms with van der Waals surface area (Å²) in [6.07, 6.45) is -2.69. The second kappa shape index (κ2) is 10.6. The zero-order valence-corrected chi connectivity index (χ0v) is 21.3.